The highest BCUT2D eigenvalue weighted by Crippen LogP contribution is 2.40. The largest absolute Gasteiger partial charge is 0.348 e. The quantitative estimate of drug-likeness (QED) is 0.440. The van der Waals surface area contributed by atoms with Gasteiger partial charge in [0.2, 0.25) is 0 Å². The van der Waals surface area contributed by atoms with E-state index >= 15 is 0 Å². The van der Waals surface area contributed by atoms with Crippen molar-refractivity contribution in [3.8, 4) is 0 Å². The Balaban J connectivity index is 1.90. The average molecular weight is 456 g/mol. The van der Waals surface area contributed by atoms with Crippen LogP contribution >= 0.6 is 0 Å². The smallest absolute Gasteiger partial charge is 0.264 e. The zero-order valence-electron chi connectivity index (χ0n) is 19.1. The van der Waals surface area contributed by atoms with Gasteiger partial charge in [-0.2, -0.15) is 8.42 Å². The van der Waals surface area contributed by atoms with Gasteiger partial charge in [-0.1, -0.05) is 56.0 Å². The molecule has 2 aliphatic rings. The number of hydrogen-bond acceptors (Lipinski definition) is 6. The Kier molecular flexibility index (Phi) is 7.16. The number of nitrogens with zero attached hydrogens (tertiary/aromatic N) is 1. The summed E-state index contributed by atoms with van der Waals surface area (Å²) in [5, 5.41) is 0. The molecule has 0 saturated carbocycles. The molecule has 0 spiro atoms. The predicted molar refractivity (Wildman–Crippen MR) is 122 cm³/mol. The van der Waals surface area contributed by atoms with E-state index in [1.165, 1.54) is 5.56 Å². The number of rotatable bonds is 8. The van der Waals surface area contributed by atoms with Crippen LogP contribution in [0.4, 0.5) is 0 Å². The minimum absolute atomic E-state index is 0.0510. The fourth-order valence-corrected chi connectivity index (χ4v) is 6.50. The first-order chi connectivity index (χ1) is 13.8. The first-order valence-electron chi connectivity index (χ1n) is 10.8. The first kappa shape index (κ1) is 23.9. The van der Waals surface area contributed by atoms with Gasteiger partial charge in [0.15, 0.2) is 5.79 Å². The topological polar surface area (TPSA) is 65.1 Å². The monoisotopic (exact) mass is 455 g/mol. The zero-order valence-corrected chi connectivity index (χ0v) is 20.9. The van der Waals surface area contributed by atoms with Gasteiger partial charge in [-0.25, -0.2) is 0 Å². The summed E-state index contributed by atoms with van der Waals surface area (Å²) in [4.78, 5) is 2.34. The van der Waals surface area contributed by atoms with Crippen molar-refractivity contribution in [3.05, 3.63) is 35.9 Å². The molecule has 1 aromatic carbocycles. The summed E-state index contributed by atoms with van der Waals surface area (Å²) in [7, 11) is -4.85. The van der Waals surface area contributed by atoms with Gasteiger partial charge >= 0.3 is 0 Å². The minimum atomic E-state index is -3.55. The fourth-order valence-electron chi connectivity index (χ4n) is 4.64. The van der Waals surface area contributed by atoms with Crippen molar-refractivity contribution in [2.75, 3.05) is 19.4 Å². The van der Waals surface area contributed by atoms with E-state index in [0.29, 0.717) is 13.2 Å². The number of ether oxygens (including phenoxy) is 2. The molecule has 0 radical (unpaired) electrons. The molecule has 2 heterocycles. The third-order valence-electron chi connectivity index (χ3n) is 5.92. The summed E-state index contributed by atoms with van der Waals surface area (Å²) >= 11 is 0. The maximum absolute atomic E-state index is 12.0. The van der Waals surface area contributed by atoms with Gasteiger partial charge in [0.05, 0.1) is 19.0 Å². The van der Waals surface area contributed by atoms with Gasteiger partial charge in [0.25, 0.3) is 10.1 Å². The normalized spacial score (nSPS) is 30.1. The molecule has 8 heteroatoms. The van der Waals surface area contributed by atoms with Crippen LogP contribution < -0.4 is 0 Å². The molecular weight excluding hydrogens is 418 g/mol. The van der Waals surface area contributed by atoms with Gasteiger partial charge in [0, 0.05) is 33.1 Å². The maximum Gasteiger partial charge on any atom is 0.264 e. The third kappa shape index (κ3) is 6.61. The summed E-state index contributed by atoms with van der Waals surface area (Å²) in [5.74, 6) is -0.542. The maximum atomic E-state index is 12.0. The summed E-state index contributed by atoms with van der Waals surface area (Å²) in [6.45, 7) is 12.7. The highest BCUT2D eigenvalue weighted by Gasteiger charge is 2.51. The van der Waals surface area contributed by atoms with E-state index in [9.17, 15) is 8.42 Å². The van der Waals surface area contributed by atoms with Gasteiger partial charge in [-0.05, 0) is 25.8 Å². The van der Waals surface area contributed by atoms with E-state index in [2.05, 4.69) is 36.7 Å². The molecule has 6 nitrogen and oxygen atoms in total. The molecule has 2 saturated heterocycles. The van der Waals surface area contributed by atoms with E-state index in [1.807, 2.05) is 32.0 Å². The molecule has 0 unspecified atom stereocenters. The second-order valence-corrected chi connectivity index (χ2v) is 17.6. The Hall–Kier alpha value is -0.773. The van der Waals surface area contributed by atoms with E-state index in [0.717, 1.165) is 25.3 Å². The van der Waals surface area contributed by atoms with Crippen molar-refractivity contribution in [2.45, 2.75) is 76.5 Å². The van der Waals surface area contributed by atoms with E-state index in [1.54, 1.807) is 0 Å². The lowest BCUT2D eigenvalue weighted by atomic mass is 9.91. The van der Waals surface area contributed by atoms with Crippen LogP contribution in [0.5, 0.6) is 0 Å². The average Bonchev–Trinajstić information content (AvgIpc) is 3.11. The van der Waals surface area contributed by atoms with Gasteiger partial charge in [0.1, 0.15) is 6.10 Å². The molecule has 4 atom stereocenters. The van der Waals surface area contributed by atoms with Crippen LogP contribution in [0.3, 0.4) is 0 Å². The molecule has 0 amide bonds. The molecule has 0 aromatic heterocycles. The second kappa shape index (κ2) is 9.00. The van der Waals surface area contributed by atoms with Crippen molar-refractivity contribution in [2.24, 2.45) is 5.92 Å². The fraction of sp³-hybridized carbons (Fsp3) is 0.727. The van der Waals surface area contributed by atoms with E-state index in [4.69, 9.17) is 13.7 Å². The zero-order chi connectivity index (χ0) is 22.2. The van der Waals surface area contributed by atoms with Crippen molar-refractivity contribution in [1.29, 1.82) is 0 Å². The van der Waals surface area contributed by atoms with Gasteiger partial charge in [-0.15, -0.1) is 0 Å². The van der Waals surface area contributed by atoms with E-state index < -0.39 is 24.0 Å². The highest BCUT2D eigenvalue weighted by atomic mass is 32.2. The molecule has 0 aliphatic carbocycles. The molecule has 30 heavy (non-hydrogen) atoms. The van der Waals surface area contributed by atoms with Crippen LogP contribution in [0.25, 0.3) is 0 Å². The number of hydrogen-bond donors (Lipinski definition) is 0. The van der Waals surface area contributed by atoms with Crippen LogP contribution in [0.15, 0.2) is 30.3 Å². The Bertz CT molecular complexity index is 809. The van der Waals surface area contributed by atoms with Crippen LogP contribution in [0.2, 0.25) is 25.7 Å². The Labute approximate surface area is 183 Å². The van der Waals surface area contributed by atoms with Gasteiger partial charge in [-0.3, -0.25) is 9.08 Å². The van der Waals surface area contributed by atoms with Gasteiger partial charge < -0.3 is 9.47 Å². The summed E-state index contributed by atoms with van der Waals surface area (Å²) < 4.78 is 41.9. The van der Waals surface area contributed by atoms with Crippen molar-refractivity contribution in [1.82, 2.24) is 4.90 Å². The van der Waals surface area contributed by atoms with Crippen molar-refractivity contribution >= 4 is 18.2 Å². The number of likely N-dealkylation sites (tertiary alicyclic amines) is 1. The van der Waals surface area contributed by atoms with Crippen LogP contribution in [0, 0.1) is 5.92 Å². The lowest BCUT2D eigenvalue weighted by molar-refractivity contribution is -0.147. The van der Waals surface area contributed by atoms with Crippen LogP contribution in [-0.4, -0.2) is 64.8 Å². The lowest BCUT2D eigenvalue weighted by Crippen LogP contribution is -2.45. The molecule has 1 aromatic rings. The highest BCUT2D eigenvalue weighted by molar-refractivity contribution is 7.86. The Morgan fingerprint density at radius 3 is 2.40 bits per heavy atom. The van der Waals surface area contributed by atoms with Crippen molar-refractivity contribution in [3.63, 3.8) is 0 Å². The molecule has 2 aliphatic heterocycles. The molecule has 2 fully saturated rings. The Morgan fingerprint density at radius 1 is 1.20 bits per heavy atom. The summed E-state index contributed by atoms with van der Waals surface area (Å²) in [5.41, 5.74) is 1.20. The third-order valence-corrected chi connectivity index (χ3v) is 8.30. The molecule has 0 N–H and O–H groups in total. The standard InChI is InChI=1S/C22H37NO5SSi/c1-22(2)26-16-20(27-22)21-18(12-13-30(4,5)6)19(28-29(3,24)25)15-23(21)14-17-10-8-7-9-11-17/h7-11,18-21H,12-16H2,1-6H3/t18-,19+,20+,21+/m0/s1. The van der Waals surface area contributed by atoms with Crippen LogP contribution in [-0.2, 0) is 30.3 Å². The molecular formula is C22H37NO5SSi. The second-order valence-electron chi connectivity index (χ2n) is 10.4. The minimum Gasteiger partial charge on any atom is -0.348 e. The van der Waals surface area contributed by atoms with E-state index in [-0.39, 0.29) is 24.2 Å². The summed E-state index contributed by atoms with van der Waals surface area (Å²) in [6.07, 6.45) is 1.61. The molecule has 170 valence electrons. The first-order valence-corrected chi connectivity index (χ1v) is 16.3. The SMILES string of the molecule is CC1(C)OC[C@H]([C@H]2[C@@H](CC[Si](C)(C)C)[C@H](OS(C)(=O)=O)CN2Cc2ccccc2)O1. The van der Waals surface area contributed by atoms with Crippen LogP contribution in [0.1, 0.15) is 25.8 Å². The summed E-state index contributed by atoms with van der Waals surface area (Å²) in [6, 6.07) is 11.5. The Morgan fingerprint density at radius 2 is 1.87 bits per heavy atom. The number of benzene rings is 1. The molecule has 3 rings (SSSR count). The van der Waals surface area contributed by atoms with Crippen molar-refractivity contribution < 1.29 is 22.1 Å². The lowest BCUT2D eigenvalue weighted by Gasteiger charge is -2.33. The molecule has 0 bridgehead atoms. The predicted octanol–water partition coefficient (Wildman–Crippen LogP) is 3.71.